The van der Waals surface area contributed by atoms with E-state index >= 15 is 0 Å². The van der Waals surface area contributed by atoms with Gasteiger partial charge in [0, 0.05) is 12.8 Å². The van der Waals surface area contributed by atoms with Gasteiger partial charge in [-0.2, -0.15) is 0 Å². The number of ether oxygens (including phenoxy) is 6. The highest BCUT2D eigenvalue weighted by atomic mass is 16.7. The zero-order valence-electron chi connectivity index (χ0n) is 40.2. The van der Waals surface area contributed by atoms with E-state index in [0.29, 0.717) is 12.8 Å². The Labute approximate surface area is 390 Å². The monoisotopic (exact) mass is 933 g/mol. The Morgan fingerprint density at radius 2 is 0.877 bits per heavy atom. The average molecular weight is 933 g/mol. The SMILES string of the molecule is CCCCC/C=C\CCCCCCCC(=O)OC(COC(=O)CCCCCCCCCCCCCCCCCCC)COC1OC(COC2OC(CO)C(O)C(O)C2O)C(O)C(O)C1O. The summed E-state index contributed by atoms with van der Waals surface area (Å²) in [4.78, 5) is 25.7. The van der Waals surface area contributed by atoms with Gasteiger partial charge in [-0.3, -0.25) is 9.59 Å². The second-order valence-electron chi connectivity index (χ2n) is 18.4. The van der Waals surface area contributed by atoms with Gasteiger partial charge in [0.25, 0.3) is 0 Å². The third-order valence-electron chi connectivity index (χ3n) is 12.5. The molecule has 7 N–H and O–H groups in total. The molecule has 0 aromatic rings. The number of hydrogen-bond acceptors (Lipinski definition) is 15. The van der Waals surface area contributed by atoms with Gasteiger partial charge in [0.15, 0.2) is 18.7 Å². The zero-order chi connectivity index (χ0) is 47.5. The molecule has 0 radical (unpaired) electrons. The van der Waals surface area contributed by atoms with Crippen LogP contribution in [0.25, 0.3) is 0 Å². The van der Waals surface area contributed by atoms with Gasteiger partial charge >= 0.3 is 11.9 Å². The molecule has 0 amide bonds. The van der Waals surface area contributed by atoms with Crippen molar-refractivity contribution >= 4 is 11.9 Å². The minimum atomic E-state index is -1.76. The molecule has 2 aliphatic heterocycles. The summed E-state index contributed by atoms with van der Waals surface area (Å²) >= 11 is 0. The van der Waals surface area contributed by atoms with Crippen molar-refractivity contribution in [3.63, 3.8) is 0 Å². The van der Waals surface area contributed by atoms with Crippen LogP contribution in [-0.2, 0) is 38.0 Å². The predicted molar refractivity (Wildman–Crippen MR) is 248 cm³/mol. The van der Waals surface area contributed by atoms with Gasteiger partial charge < -0.3 is 64.2 Å². The molecular formula is C50H92O15. The van der Waals surface area contributed by atoms with Gasteiger partial charge in [-0.05, 0) is 38.5 Å². The maximum absolute atomic E-state index is 13.0. The maximum Gasteiger partial charge on any atom is 0.306 e. The molecule has 2 rings (SSSR count). The largest absolute Gasteiger partial charge is 0.462 e. The van der Waals surface area contributed by atoms with Crippen molar-refractivity contribution in [3.8, 4) is 0 Å². The van der Waals surface area contributed by atoms with E-state index in [4.69, 9.17) is 28.4 Å². The van der Waals surface area contributed by atoms with Crippen molar-refractivity contribution in [1.29, 1.82) is 0 Å². The minimum absolute atomic E-state index is 0.159. The van der Waals surface area contributed by atoms with Crippen LogP contribution in [0.3, 0.4) is 0 Å². The van der Waals surface area contributed by atoms with E-state index in [-0.39, 0.29) is 26.1 Å². The molecule has 0 aromatic carbocycles. The van der Waals surface area contributed by atoms with Gasteiger partial charge in [-0.15, -0.1) is 0 Å². The summed E-state index contributed by atoms with van der Waals surface area (Å²) in [5.41, 5.74) is 0. The highest BCUT2D eigenvalue weighted by molar-refractivity contribution is 5.70. The van der Waals surface area contributed by atoms with E-state index in [1.54, 1.807) is 0 Å². The van der Waals surface area contributed by atoms with E-state index in [1.165, 1.54) is 103 Å². The second kappa shape index (κ2) is 38.1. The van der Waals surface area contributed by atoms with Gasteiger partial charge in [-0.1, -0.05) is 161 Å². The maximum atomic E-state index is 13.0. The van der Waals surface area contributed by atoms with Gasteiger partial charge in [0.2, 0.25) is 0 Å². The number of esters is 2. The summed E-state index contributed by atoms with van der Waals surface area (Å²) in [6, 6.07) is 0. The van der Waals surface area contributed by atoms with Crippen molar-refractivity contribution in [1.82, 2.24) is 0 Å². The summed E-state index contributed by atoms with van der Waals surface area (Å²) in [5.74, 6) is -0.926. The van der Waals surface area contributed by atoms with Crippen LogP contribution < -0.4 is 0 Å². The van der Waals surface area contributed by atoms with Crippen molar-refractivity contribution < 1.29 is 73.8 Å². The van der Waals surface area contributed by atoms with E-state index < -0.39 is 92.7 Å². The molecule has 65 heavy (non-hydrogen) atoms. The first-order valence-corrected chi connectivity index (χ1v) is 25.8. The fraction of sp³-hybridized carbons (Fsp3) is 0.920. The van der Waals surface area contributed by atoms with Crippen LogP contribution in [0.5, 0.6) is 0 Å². The normalized spacial score (nSPS) is 26.4. The van der Waals surface area contributed by atoms with Crippen LogP contribution >= 0.6 is 0 Å². The fourth-order valence-corrected chi connectivity index (χ4v) is 8.21. The Balaban J connectivity index is 1.79. The molecule has 0 bridgehead atoms. The van der Waals surface area contributed by atoms with E-state index in [1.807, 2.05) is 0 Å². The van der Waals surface area contributed by atoms with E-state index in [9.17, 15) is 45.3 Å². The van der Waals surface area contributed by atoms with Gasteiger partial charge in [0.05, 0.1) is 19.8 Å². The molecule has 15 nitrogen and oxygen atoms in total. The van der Waals surface area contributed by atoms with E-state index in [0.717, 1.165) is 57.8 Å². The summed E-state index contributed by atoms with van der Waals surface area (Å²) in [6.07, 6.45) is 19.6. The van der Waals surface area contributed by atoms with Crippen molar-refractivity contribution in [3.05, 3.63) is 12.2 Å². The highest BCUT2D eigenvalue weighted by Crippen LogP contribution is 2.26. The third-order valence-corrected chi connectivity index (χ3v) is 12.5. The van der Waals surface area contributed by atoms with Crippen molar-refractivity contribution in [2.24, 2.45) is 0 Å². The average Bonchev–Trinajstić information content (AvgIpc) is 3.30. The zero-order valence-corrected chi connectivity index (χ0v) is 40.2. The van der Waals surface area contributed by atoms with Crippen LogP contribution in [0.1, 0.15) is 200 Å². The molecule has 2 aliphatic rings. The summed E-state index contributed by atoms with van der Waals surface area (Å²) < 4.78 is 33.5. The van der Waals surface area contributed by atoms with Crippen LogP contribution in [0.2, 0.25) is 0 Å². The number of unbranched alkanes of at least 4 members (excludes halogenated alkanes) is 24. The predicted octanol–water partition coefficient (Wildman–Crippen LogP) is 6.99. The van der Waals surface area contributed by atoms with Gasteiger partial charge in [0.1, 0.15) is 55.4 Å². The fourth-order valence-electron chi connectivity index (χ4n) is 8.21. The minimum Gasteiger partial charge on any atom is -0.462 e. The molecule has 382 valence electrons. The molecule has 0 saturated carbocycles. The number of carbonyl (C=O) groups is 2. The lowest BCUT2D eigenvalue weighted by Crippen LogP contribution is -2.61. The first-order valence-electron chi connectivity index (χ1n) is 25.8. The van der Waals surface area contributed by atoms with Gasteiger partial charge in [-0.25, -0.2) is 0 Å². The molecule has 0 aromatic heterocycles. The topological polar surface area (TPSA) is 231 Å². The number of hydrogen-bond donors (Lipinski definition) is 7. The third kappa shape index (κ3) is 26.5. The standard InChI is InChI=1S/C50H92O15/c1-3-5-7-9-11-13-15-17-18-19-20-21-23-24-26-28-30-32-41(52)60-35-38(63-42(53)33-31-29-27-25-22-16-14-12-10-8-6-4-2)36-61-49-48(59)46(57)44(55)40(65-49)37-62-50-47(58)45(56)43(54)39(34-51)64-50/h12,14,38-40,43-51,54-59H,3-11,13,15-37H2,1-2H3/b14-12-. The second-order valence-corrected chi connectivity index (χ2v) is 18.4. The molecule has 0 spiro atoms. The molecule has 15 heteroatoms. The molecule has 11 atom stereocenters. The molecule has 2 heterocycles. The smallest absolute Gasteiger partial charge is 0.306 e. The summed E-state index contributed by atoms with van der Waals surface area (Å²) in [7, 11) is 0. The number of aliphatic hydroxyl groups excluding tert-OH is 7. The Hall–Kier alpha value is -1.76. The van der Waals surface area contributed by atoms with Crippen LogP contribution in [0.15, 0.2) is 12.2 Å². The lowest BCUT2D eigenvalue weighted by molar-refractivity contribution is -0.332. The molecule has 11 unspecified atom stereocenters. The summed E-state index contributed by atoms with van der Waals surface area (Å²) in [5, 5.41) is 72.0. The molecular weight excluding hydrogens is 841 g/mol. The van der Waals surface area contributed by atoms with Crippen LogP contribution in [0.4, 0.5) is 0 Å². The Kier molecular flexibility index (Phi) is 34.8. The van der Waals surface area contributed by atoms with Crippen LogP contribution in [-0.4, -0.2) is 142 Å². The number of allylic oxidation sites excluding steroid dienone is 2. The first kappa shape index (κ1) is 59.4. The van der Waals surface area contributed by atoms with E-state index in [2.05, 4.69) is 26.0 Å². The molecule has 2 saturated heterocycles. The lowest BCUT2D eigenvalue weighted by atomic mass is 9.98. The van der Waals surface area contributed by atoms with Crippen LogP contribution in [0, 0.1) is 0 Å². The number of rotatable bonds is 40. The lowest BCUT2D eigenvalue weighted by Gasteiger charge is -2.42. The first-order chi connectivity index (χ1) is 31.5. The molecule has 2 fully saturated rings. The Morgan fingerprint density at radius 3 is 1.38 bits per heavy atom. The van der Waals surface area contributed by atoms with Crippen molar-refractivity contribution in [2.75, 3.05) is 26.4 Å². The van der Waals surface area contributed by atoms with Crippen molar-refractivity contribution in [2.45, 2.75) is 268 Å². The highest BCUT2D eigenvalue weighted by Gasteiger charge is 2.47. The Morgan fingerprint density at radius 1 is 0.477 bits per heavy atom. The summed E-state index contributed by atoms with van der Waals surface area (Å²) in [6.45, 7) is 2.57. The Bertz CT molecular complexity index is 1190. The quantitative estimate of drug-likeness (QED) is 0.0187. The number of carbonyl (C=O) groups excluding carboxylic acids is 2. The number of aliphatic hydroxyl groups is 7. The molecule has 0 aliphatic carbocycles.